The molecule has 0 spiro atoms. The lowest BCUT2D eigenvalue weighted by Crippen LogP contribution is -2.24. The van der Waals surface area contributed by atoms with Crippen LogP contribution in [0.5, 0.6) is 0 Å². The van der Waals surface area contributed by atoms with E-state index in [2.05, 4.69) is 20.6 Å². The van der Waals surface area contributed by atoms with Crippen LogP contribution in [0.15, 0.2) is 29.4 Å². The molecule has 0 saturated heterocycles. The predicted octanol–water partition coefficient (Wildman–Crippen LogP) is 2.29. The lowest BCUT2D eigenvalue weighted by Gasteiger charge is -2.09. The van der Waals surface area contributed by atoms with Crippen LogP contribution in [0.2, 0.25) is 0 Å². The summed E-state index contributed by atoms with van der Waals surface area (Å²) in [5, 5.41) is 7.61. The minimum absolute atomic E-state index is 0.000686. The molecule has 2 N–H and O–H groups in total. The van der Waals surface area contributed by atoms with E-state index >= 15 is 0 Å². The van der Waals surface area contributed by atoms with Gasteiger partial charge in [-0.1, -0.05) is 23.9 Å². The smallest absolute Gasteiger partial charge is 0.230 e. The summed E-state index contributed by atoms with van der Waals surface area (Å²) in [6.07, 6.45) is 0. The van der Waals surface area contributed by atoms with Gasteiger partial charge in [-0.15, -0.1) is 0 Å². The monoisotopic (exact) mass is 290 g/mol. The van der Waals surface area contributed by atoms with E-state index in [1.807, 2.05) is 38.1 Å². The number of anilines is 1. The first-order chi connectivity index (χ1) is 9.74. The fourth-order valence-electron chi connectivity index (χ4n) is 1.80. The van der Waals surface area contributed by atoms with Crippen LogP contribution in [0.4, 0.5) is 5.82 Å². The maximum atomic E-state index is 11.5. The molecular weight excluding hydrogens is 272 g/mol. The lowest BCUT2D eigenvalue weighted by molar-refractivity contribution is -0.118. The zero-order valence-corrected chi connectivity index (χ0v) is 12.5. The quantitative estimate of drug-likeness (QED) is 0.631. The maximum absolute atomic E-state index is 11.5. The van der Waals surface area contributed by atoms with E-state index in [0.29, 0.717) is 17.5 Å². The Morgan fingerprint density at radius 1 is 1.20 bits per heavy atom. The Morgan fingerprint density at radius 3 is 2.75 bits per heavy atom. The number of hydrogen-bond acceptors (Lipinski definition) is 5. The van der Waals surface area contributed by atoms with Gasteiger partial charge in [0, 0.05) is 18.5 Å². The van der Waals surface area contributed by atoms with Gasteiger partial charge in [0.15, 0.2) is 5.16 Å². The first-order valence-electron chi connectivity index (χ1n) is 6.64. The summed E-state index contributed by atoms with van der Waals surface area (Å²) in [5.74, 6) is 1.15. The van der Waals surface area contributed by atoms with Gasteiger partial charge < -0.3 is 10.6 Å². The fourth-order valence-corrected chi connectivity index (χ4v) is 2.48. The topological polar surface area (TPSA) is 66.9 Å². The van der Waals surface area contributed by atoms with Gasteiger partial charge in [0.25, 0.3) is 0 Å². The minimum atomic E-state index is -0.000686. The highest BCUT2D eigenvalue weighted by Gasteiger charge is 2.09. The second kappa shape index (κ2) is 7.09. The highest BCUT2D eigenvalue weighted by Crippen LogP contribution is 2.24. The molecular formula is C14H18N4OS. The van der Waals surface area contributed by atoms with E-state index in [4.69, 9.17) is 0 Å². The van der Waals surface area contributed by atoms with Crippen molar-refractivity contribution in [1.82, 2.24) is 15.3 Å². The third kappa shape index (κ3) is 3.60. The van der Waals surface area contributed by atoms with Gasteiger partial charge in [-0.2, -0.15) is 0 Å². The van der Waals surface area contributed by atoms with Gasteiger partial charge in [-0.3, -0.25) is 4.79 Å². The molecule has 0 saturated carbocycles. The summed E-state index contributed by atoms with van der Waals surface area (Å²) < 4.78 is 0. The van der Waals surface area contributed by atoms with Crippen molar-refractivity contribution in [3.05, 3.63) is 24.3 Å². The van der Waals surface area contributed by atoms with Crippen molar-refractivity contribution in [2.45, 2.75) is 19.0 Å². The summed E-state index contributed by atoms with van der Waals surface area (Å²) >= 11 is 1.35. The Hall–Kier alpha value is -1.82. The largest absolute Gasteiger partial charge is 0.370 e. The molecule has 0 bridgehead atoms. The zero-order valence-electron chi connectivity index (χ0n) is 11.6. The molecule has 1 aromatic heterocycles. The number of nitrogens with zero attached hydrogens (tertiary/aromatic N) is 2. The van der Waals surface area contributed by atoms with Gasteiger partial charge in [-0.25, -0.2) is 9.97 Å². The number of amides is 1. The molecule has 20 heavy (non-hydrogen) atoms. The van der Waals surface area contributed by atoms with Crippen molar-refractivity contribution in [2.24, 2.45) is 0 Å². The molecule has 5 nitrogen and oxygen atoms in total. The maximum Gasteiger partial charge on any atom is 0.230 e. The number of fused-ring (bicyclic) bond motifs is 1. The molecule has 2 aromatic rings. The number of aromatic nitrogens is 2. The van der Waals surface area contributed by atoms with Crippen LogP contribution >= 0.6 is 11.8 Å². The predicted molar refractivity (Wildman–Crippen MR) is 83.1 cm³/mol. The van der Waals surface area contributed by atoms with Crippen LogP contribution in [0.3, 0.4) is 0 Å². The van der Waals surface area contributed by atoms with Crippen LogP contribution in [0.25, 0.3) is 10.9 Å². The van der Waals surface area contributed by atoms with Crippen molar-refractivity contribution >= 4 is 34.4 Å². The number of hydrogen-bond donors (Lipinski definition) is 2. The van der Waals surface area contributed by atoms with Crippen LogP contribution in [-0.4, -0.2) is 34.7 Å². The van der Waals surface area contributed by atoms with Crippen molar-refractivity contribution in [2.75, 3.05) is 24.2 Å². The summed E-state index contributed by atoms with van der Waals surface area (Å²) in [7, 11) is 0. The van der Waals surface area contributed by atoms with E-state index in [1.54, 1.807) is 0 Å². The van der Waals surface area contributed by atoms with E-state index in [9.17, 15) is 4.79 Å². The average molecular weight is 290 g/mol. The number of nitrogens with one attached hydrogen (secondary N) is 2. The van der Waals surface area contributed by atoms with Gasteiger partial charge in [-0.05, 0) is 26.0 Å². The summed E-state index contributed by atoms with van der Waals surface area (Å²) in [6.45, 7) is 5.36. The molecule has 0 radical (unpaired) electrons. The highest BCUT2D eigenvalue weighted by molar-refractivity contribution is 7.99. The van der Waals surface area contributed by atoms with Gasteiger partial charge in [0.05, 0.1) is 11.3 Å². The summed E-state index contributed by atoms with van der Waals surface area (Å²) in [4.78, 5) is 20.5. The third-order valence-corrected chi connectivity index (χ3v) is 3.48. The highest BCUT2D eigenvalue weighted by atomic mass is 32.2. The SMILES string of the molecule is CCNC(=O)CSc1nc(NCC)c2ccccc2n1. The first-order valence-corrected chi connectivity index (χ1v) is 7.63. The second-order valence-electron chi connectivity index (χ2n) is 4.14. The zero-order chi connectivity index (χ0) is 14.4. The van der Waals surface area contributed by atoms with E-state index in [0.717, 1.165) is 23.3 Å². The van der Waals surface area contributed by atoms with E-state index in [1.165, 1.54) is 11.8 Å². The van der Waals surface area contributed by atoms with Gasteiger partial charge in [0.2, 0.25) is 5.91 Å². The molecule has 1 heterocycles. The first kappa shape index (κ1) is 14.6. The molecule has 2 rings (SSSR count). The fraction of sp³-hybridized carbons (Fsp3) is 0.357. The van der Waals surface area contributed by atoms with Crippen LogP contribution in [-0.2, 0) is 4.79 Å². The van der Waals surface area contributed by atoms with E-state index in [-0.39, 0.29) is 5.91 Å². The molecule has 0 unspecified atom stereocenters. The summed E-state index contributed by atoms with van der Waals surface area (Å²) in [6, 6.07) is 7.86. The van der Waals surface area contributed by atoms with Crippen LogP contribution in [0, 0.1) is 0 Å². The Kier molecular flexibility index (Phi) is 5.17. The second-order valence-corrected chi connectivity index (χ2v) is 5.09. The molecule has 6 heteroatoms. The van der Waals surface area contributed by atoms with Gasteiger partial charge in [0.1, 0.15) is 5.82 Å². The number of benzene rings is 1. The van der Waals surface area contributed by atoms with E-state index < -0.39 is 0 Å². The Bertz CT molecular complexity index is 603. The third-order valence-electron chi connectivity index (χ3n) is 2.63. The number of rotatable bonds is 6. The Labute approximate surface area is 122 Å². The van der Waals surface area contributed by atoms with Crippen molar-refractivity contribution in [1.29, 1.82) is 0 Å². The molecule has 0 atom stereocenters. The summed E-state index contributed by atoms with van der Waals surface area (Å²) in [5.41, 5.74) is 0.886. The lowest BCUT2D eigenvalue weighted by atomic mass is 10.2. The number of para-hydroxylation sites is 1. The number of carbonyl (C=O) groups excluding carboxylic acids is 1. The normalized spacial score (nSPS) is 10.5. The molecule has 0 aliphatic heterocycles. The minimum Gasteiger partial charge on any atom is -0.370 e. The molecule has 0 aliphatic rings. The molecule has 1 amide bonds. The van der Waals surface area contributed by atoms with Crippen LogP contribution < -0.4 is 10.6 Å². The molecule has 0 aliphatic carbocycles. The Morgan fingerprint density at radius 2 is 2.00 bits per heavy atom. The van der Waals surface area contributed by atoms with Crippen molar-refractivity contribution in [3.63, 3.8) is 0 Å². The van der Waals surface area contributed by atoms with Crippen molar-refractivity contribution < 1.29 is 4.79 Å². The number of thioether (sulfide) groups is 1. The molecule has 0 fully saturated rings. The number of carbonyl (C=O) groups is 1. The van der Waals surface area contributed by atoms with Gasteiger partial charge >= 0.3 is 0 Å². The van der Waals surface area contributed by atoms with Crippen molar-refractivity contribution in [3.8, 4) is 0 Å². The molecule has 106 valence electrons. The standard InChI is InChI=1S/C14H18N4OS/c1-3-15-12(19)9-20-14-17-11-8-6-5-7-10(11)13(18-14)16-4-2/h5-8H,3-4,9H2,1-2H3,(H,15,19)(H,16,17,18). The molecule has 1 aromatic carbocycles. The Balaban J connectivity index is 2.23. The van der Waals surface area contributed by atoms with Crippen LogP contribution in [0.1, 0.15) is 13.8 Å². The average Bonchev–Trinajstić information content (AvgIpc) is 2.46.